The first-order valence-corrected chi connectivity index (χ1v) is 15.2. The van der Waals surface area contributed by atoms with E-state index < -0.39 is 5.60 Å². The molecule has 11 atom stereocenters. The fraction of sp³-hybridized carbons (Fsp3) is 0.938. The summed E-state index contributed by atoms with van der Waals surface area (Å²) < 4.78 is 19.6. The lowest BCUT2D eigenvalue weighted by molar-refractivity contribution is -0.274. The van der Waals surface area contributed by atoms with E-state index in [1.807, 2.05) is 0 Å². The maximum atomic E-state index is 13.8. The maximum Gasteiger partial charge on any atom is 0.313 e. The number of carbonyl (C=O) groups excluding carboxylic acids is 2. The summed E-state index contributed by atoms with van der Waals surface area (Å²) in [7, 11) is 0. The van der Waals surface area contributed by atoms with Gasteiger partial charge in [0.2, 0.25) is 0 Å². The Hall–Kier alpha value is -1.10. The quantitative estimate of drug-likeness (QED) is 0.298. The number of hydrogen-bond donors (Lipinski definition) is 0. The Bertz CT molecular complexity index is 1080. The molecule has 0 aromatic carbocycles. The normalized spacial score (nSPS) is 58.0. The number of fused-ring (bicyclic) bond motifs is 6. The van der Waals surface area contributed by atoms with Gasteiger partial charge in [-0.25, -0.2) is 0 Å². The van der Waals surface area contributed by atoms with Crippen LogP contribution >= 0.6 is 0 Å². The molecule has 7 fully saturated rings. The largest absolute Gasteiger partial charge is 0.462 e. The van der Waals surface area contributed by atoms with Gasteiger partial charge < -0.3 is 14.2 Å². The zero-order chi connectivity index (χ0) is 26.6. The van der Waals surface area contributed by atoms with E-state index in [2.05, 4.69) is 48.5 Å². The summed E-state index contributed by atoms with van der Waals surface area (Å²) in [5.74, 6) is 1.10. The third kappa shape index (κ3) is 2.58. The minimum Gasteiger partial charge on any atom is -0.462 e. The number of carbonyl (C=O) groups is 2. The molecule has 5 heteroatoms. The van der Waals surface area contributed by atoms with Crippen LogP contribution in [0.3, 0.4) is 0 Å². The van der Waals surface area contributed by atoms with E-state index in [1.54, 1.807) is 6.92 Å². The number of epoxide rings is 1. The van der Waals surface area contributed by atoms with Crippen molar-refractivity contribution < 1.29 is 23.8 Å². The van der Waals surface area contributed by atoms with E-state index in [0.717, 1.165) is 57.8 Å². The van der Waals surface area contributed by atoms with Crippen molar-refractivity contribution in [2.45, 2.75) is 137 Å². The lowest BCUT2D eigenvalue weighted by Gasteiger charge is -2.72. The molecule has 37 heavy (non-hydrogen) atoms. The fourth-order valence-corrected chi connectivity index (χ4v) is 12.5. The van der Waals surface area contributed by atoms with Crippen LogP contribution in [-0.2, 0) is 23.8 Å². The van der Waals surface area contributed by atoms with Crippen LogP contribution in [0.25, 0.3) is 0 Å². The first kappa shape index (κ1) is 24.9. The number of ether oxygens (including phenoxy) is 3. The molecule has 2 saturated heterocycles. The molecule has 2 heterocycles. The van der Waals surface area contributed by atoms with Crippen molar-refractivity contribution in [3.63, 3.8) is 0 Å². The predicted molar refractivity (Wildman–Crippen MR) is 139 cm³/mol. The number of rotatable bonds is 1. The SMILES string of the molecule is CC(=O)OC1CCC2(C)C(CCC3(C)C2C2OC2C24OC(=O)C5(CCC(C)(C)CC52)CCC34C)C1(C)C. The molecular formula is C32H48O5. The third-order valence-electron chi connectivity index (χ3n) is 14.5. The molecule has 2 bridgehead atoms. The average Bonchev–Trinajstić information content (AvgIpc) is 3.54. The molecule has 5 aliphatic carbocycles. The molecule has 5 saturated carbocycles. The smallest absolute Gasteiger partial charge is 0.313 e. The van der Waals surface area contributed by atoms with Gasteiger partial charge in [0, 0.05) is 23.7 Å². The highest BCUT2D eigenvalue weighted by Gasteiger charge is 2.89. The minimum absolute atomic E-state index is 0.0237. The van der Waals surface area contributed by atoms with E-state index in [0.29, 0.717) is 11.8 Å². The zero-order valence-electron chi connectivity index (χ0n) is 24.4. The van der Waals surface area contributed by atoms with Gasteiger partial charge in [-0.3, -0.25) is 9.59 Å². The lowest BCUT2D eigenvalue weighted by atomic mass is 9.31. The lowest BCUT2D eigenvalue weighted by Crippen LogP contribution is -2.74. The predicted octanol–water partition coefficient (Wildman–Crippen LogP) is 6.47. The Morgan fingerprint density at radius 3 is 2.30 bits per heavy atom. The van der Waals surface area contributed by atoms with E-state index in [-0.39, 0.29) is 68.7 Å². The van der Waals surface area contributed by atoms with E-state index in [4.69, 9.17) is 14.2 Å². The molecule has 1 spiro atoms. The minimum atomic E-state index is -0.483. The van der Waals surface area contributed by atoms with Crippen molar-refractivity contribution >= 4 is 11.9 Å². The highest BCUT2D eigenvalue weighted by atomic mass is 16.6. The first-order valence-electron chi connectivity index (χ1n) is 15.2. The summed E-state index contributed by atoms with van der Waals surface area (Å²) in [6.45, 7) is 18.6. The van der Waals surface area contributed by atoms with E-state index in [9.17, 15) is 9.59 Å². The molecule has 11 unspecified atom stereocenters. The van der Waals surface area contributed by atoms with Crippen molar-refractivity contribution in [1.29, 1.82) is 0 Å². The Labute approximate surface area is 223 Å². The summed E-state index contributed by atoms with van der Waals surface area (Å²) in [5, 5.41) is 0. The zero-order valence-corrected chi connectivity index (χ0v) is 24.4. The Morgan fingerprint density at radius 2 is 1.59 bits per heavy atom. The molecule has 7 rings (SSSR count). The molecule has 2 aliphatic heterocycles. The fourth-order valence-electron chi connectivity index (χ4n) is 12.5. The number of hydrogen-bond acceptors (Lipinski definition) is 5. The average molecular weight is 513 g/mol. The van der Waals surface area contributed by atoms with Gasteiger partial charge in [0.15, 0.2) is 5.60 Å². The first-order chi connectivity index (χ1) is 17.1. The van der Waals surface area contributed by atoms with Crippen molar-refractivity contribution in [3.05, 3.63) is 0 Å². The Morgan fingerprint density at radius 1 is 0.892 bits per heavy atom. The van der Waals surface area contributed by atoms with Crippen LogP contribution in [0.2, 0.25) is 0 Å². The van der Waals surface area contributed by atoms with E-state index >= 15 is 0 Å². The second kappa shape index (κ2) is 6.78. The van der Waals surface area contributed by atoms with Crippen LogP contribution in [0.4, 0.5) is 0 Å². The topological polar surface area (TPSA) is 65.1 Å². The van der Waals surface area contributed by atoms with Crippen molar-refractivity contribution in [2.75, 3.05) is 0 Å². The Kier molecular flexibility index (Phi) is 4.57. The molecule has 5 nitrogen and oxygen atoms in total. The monoisotopic (exact) mass is 512 g/mol. The standard InChI is InChI=1S/C32H48O5/c1-18(33)35-21-10-11-28(6)19(27(21,4)5)9-12-29(7)23(28)22-24(36-22)32-20-17-26(2,3)13-15-31(20,25(34)37-32)16-14-30(29,32)8/h19-24H,9-17H2,1-8H3. The summed E-state index contributed by atoms with van der Waals surface area (Å²) in [6.07, 6.45) is 9.61. The summed E-state index contributed by atoms with van der Waals surface area (Å²) in [6, 6.07) is 0. The van der Waals surface area contributed by atoms with Crippen molar-refractivity contribution in [3.8, 4) is 0 Å². The summed E-state index contributed by atoms with van der Waals surface area (Å²) in [5.41, 5.74) is -0.559. The van der Waals surface area contributed by atoms with Crippen LogP contribution < -0.4 is 0 Å². The van der Waals surface area contributed by atoms with Gasteiger partial charge >= 0.3 is 11.9 Å². The molecule has 7 aliphatic rings. The van der Waals surface area contributed by atoms with E-state index in [1.165, 1.54) is 0 Å². The van der Waals surface area contributed by atoms with Crippen LogP contribution in [-0.4, -0.2) is 35.9 Å². The van der Waals surface area contributed by atoms with Crippen LogP contribution in [0.15, 0.2) is 0 Å². The van der Waals surface area contributed by atoms with Gasteiger partial charge in [-0.05, 0) is 85.9 Å². The highest BCUT2D eigenvalue weighted by Crippen LogP contribution is 2.83. The van der Waals surface area contributed by atoms with Gasteiger partial charge in [0.1, 0.15) is 12.2 Å². The van der Waals surface area contributed by atoms with Gasteiger partial charge in [0.25, 0.3) is 0 Å². The van der Waals surface area contributed by atoms with Gasteiger partial charge in [-0.2, -0.15) is 0 Å². The van der Waals surface area contributed by atoms with Crippen LogP contribution in [0.5, 0.6) is 0 Å². The third-order valence-corrected chi connectivity index (χ3v) is 14.5. The van der Waals surface area contributed by atoms with Gasteiger partial charge in [-0.15, -0.1) is 0 Å². The Balaban J connectivity index is 1.33. The molecule has 0 amide bonds. The summed E-state index contributed by atoms with van der Waals surface area (Å²) in [4.78, 5) is 25.8. The second-order valence-corrected chi connectivity index (χ2v) is 16.6. The van der Waals surface area contributed by atoms with Gasteiger partial charge in [0.05, 0.1) is 11.5 Å². The van der Waals surface area contributed by atoms with Crippen LogP contribution in [0, 0.1) is 50.2 Å². The number of esters is 2. The molecular weight excluding hydrogens is 464 g/mol. The molecule has 0 aromatic heterocycles. The highest BCUT2D eigenvalue weighted by molar-refractivity contribution is 5.82. The second-order valence-electron chi connectivity index (χ2n) is 16.6. The van der Waals surface area contributed by atoms with Crippen molar-refractivity contribution in [2.24, 2.45) is 50.2 Å². The van der Waals surface area contributed by atoms with Crippen LogP contribution in [0.1, 0.15) is 113 Å². The molecule has 206 valence electrons. The molecule has 0 N–H and O–H groups in total. The molecule has 0 aromatic rings. The molecule has 0 radical (unpaired) electrons. The van der Waals surface area contributed by atoms with Gasteiger partial charge in [-0.1, -0.05) is 48.5 Å². The maximum absolute atomic E-state index is 13.8. The van der Waals surface area contributed by atoms with Crippen molar-refractivity contribution in [1.82, 2.24) is 0 Å². The summed E-state index contributed by atoms with van der Waals surface area (Å²) >= 11 is 0.